The van der Waals surface area contributed by atoms with E-state index in [1.165, 1.54) is 64.2 Å². The van der Waals surface area contributed by atoms with Crippen LogP contribution < -0.4 is 0 Å². The summed E-state index contributed by atoms with van der Waals surface area (Å²) in [5.41, 5.74) is -1.12. The van der Waals surface area contributed by atoms with Crippen molar-refractivity contribution in [3.63, 3.8) is 0 Å². The largest absolute Gasteiger partial charge is 0.481 e. The van der Waals surface area contributed by atoms with Crippen molar-refractivity contribution in [2.45, 2.75) is 110 Å². The van der Waals surface area contributed by atoms with Crippen molar-refractivity contribution in [1.29, 1.82) is 0 Å². The average Bonchev–Trinajstić information content (AvgIpc) is 2.51. The first-order valence-corrected chi connectivity index (χ1v) is 9.87. The molecule has 0 saturated heterocycles. The summed E-state index contributed by atoms with van der Waals surface area (Å²) in [6.07, 6.45) is 16.4. The third kappa shape index (κ3) is 12.4. The molecular weight excluding hydrogens is 304 g/mol. The third-order valence-electron chi connectivity index (χ3n) is 4.89. The Labute approximate surface area is 148 Å². The second-order valence-corrected chi connectivity index (χ2v) is 7.43. The Morgan fingerprint density at radius 1 is 0.708 bits per heavy atom. The number of carboxylic acid groups (broad SMARTS) is 2. The molecule has 0 aromatic carbocycles. The molecule has 0 heterocycles. The molecule has 1 unspecified atom stereocenters. The number of carboxylic acids is 2. The van der Waals surface area contributed by atoms with E-state index in [1.807, 2.05) is 0 Å². The maximum Gasteiger partial charge on any atom is 0.309 e. The smallest absolute Gasteiger partial charge is 0.309 e. The molecule has 0 fully saturated rings. The lowest BCUT2D eigenvalue weighted by molar-refractivity contribution is -0.155. The SMILES string of the molecule is CCCCCCCCCCCCCCCC(C)(CC(=O)O)C(=O)O. The number of unbranched alkanes of at least 4 members (excludes halogenated alkanes) is 12. The monoisotopic (exact) mass is 342 g/mol. The van der Waals surface area contributed by atoms with Crippen LogP contribution in [0, 0.1) is 5.41 Å². The minimum absolute atomic E-state index is 0.291. The van der Waals surface area contributed by atoms with Gasteiger partial charge in [0.1, 0.15) is 0 Å². The Morgan fingerprint density at radius 3 is 1.42 bits per heavy atom. The van der Waals surface area contributed by atoms with Crippen LogP contribution in [0.1, 0.15) is 110 Å². The molecule has 1 atom stereocenters. The molecule has 0 saturated carbocycles. The van der Waals surface area contributed by atoms with Crippen molar-refractivity contribution in [1.82, 2.24) is 0 Å². The van der Waals surface area contributed by atoms with Crippen LogP contribution in [-0.4, -0.2) is 22.2 Å². The van der Waals surface area contributed by atoms with Gasteiger partial charge in [-0.2, -0.15) is 0 Å². The zero-order chi connectivity index (χ0) is 18.3. The van der Waals surface area contributed by atoms with Gasteiger partial charge in [0, 0.05) is 0 Å². The molecule has 2 N–H and O–H groups in total. The molecular formula is C20H38O4. The highest BCUT2D eigenvalue weighted by molar-refractivity contribution is 5.80. The van der Waals surface area contributed by atoms with E-state index < -0.39 is 17.4 Å². The molecule has 0 bridgehead atoms. The van der Waals surface area contributed by atoms with Gasteiger partial charge in [0.2, 0.25) is 0 Å². The van der Waals surface area contributed by atoms with Crippen molar-refractivity contribution in [3.8, 4) is 0 Å². The van der Waals surface area contributed by atoms with E-state index >= 15 is 0 Å². The molecule has 0 spiro atoms. The Morgan fingerprint density at radius 2 is 1.08 bits per heavy atom. The van der Waals surface area contributed by atoms with Crippen molar-refractivity contribution >= 4 is 11.9 Å². The maximum absolute atomic E-state index is 11.2. The van der Waals surface area contributed by atoms with E-state index in [0.717, 1.165) is 19.3 Å². The summed E-state index contributed by atoms with van der Waals surface area (Å²) >= 11 is 0. The minimum Gasteiger partial charge on any atom is -0.481 e. The second kappa shape index (κ2) is 14.3. The summed E-state index contributed by atoms with van der Waals surface area (Å²) < 4.78 is 0. The molecule has 4 heteroatoms. The van der Waals surface area contributed by atoms with Gasteiger partial charge in [-0.25, -0.2) is 0 Å². The van der Waals surface area contributed by atoms with Gasteiger partial charge < -0.3 is 10.2 Å². The minimum atomic E-state index is -1.12. The van der Waals surface area contributed by atoms with E-state index in [0.29, 0.717) is 6.42 Å². The molecule has 4 nitrogen and oxygen atoms in total. The van der Waals surface area contributed by atoms with Crippen molar-refractivity contribution in [3.05, 3.63) is 0 Å². The predicted molar refractivity (Wildman–Crippen MR) is 98.3 cm³/mol. The van der Waals surface area contributed by atoms with Gasteiger partial charge in [0.05, 0.1) is 11.8 Å². The predicted octanol–water partition coefficient (Wildman–Crippen LogP) is 6.03. The number of rotatable bonds is 17. The Bertz CT molecular complexity index is 341. The highest BCUT2D eigenvalue weighted by Crippen LogP contribution is 2.29. The van der Waals surface area contributed by atoms with Crippen molar-refractivity contribution < 1.29 is 19.8 Å². The lowest BCUT2D eigenvalue weighted by Gasteiger charge is -2.22. The summed E-state index contributed by atoms with van der Waals surface area (Å²) in [7, 11) is 0. The maximum atomic E-state index is 11.2. The summed E-state index contributed by atoms with van der Waals surface area (Å²) in [5, 5.41) is 18.0. The van der Waals surface area contributed by atoms with Crippen LogP contribution in [0.4, 0.5) is 0 Å². The molecule has 0 amide bonds. The summed E-state index contributed by atoms with van der Waals surface area (Å²) in [6.45, 7) is 3.79. The molecule has 142 valence electrons. The normalized spacial score (nSPS) is 13.6. The first-order chi connectivity index (χ1) is 11.4. The van der Waals surface area contributed by atoms with Crippen LogP contribution in [0.3, 0.4) is 0 Å². The van der Waals surface area contributed by atoms with Crippen LogP contribution >= 0.6 is 0 Å². The van der Waals surface area contributed by atoms with Crippen LogP contribution in [-0.2, 0) is 9.59 Å². The fourth-order valence-electron chi connectivity index (χ4n) is 3.14. The van der Waals surface area contributed by atoms with E-state index in [4.69, 9.17) is 5.11 Å². The quantitative estimate of drug-likeness (QED) is 0.316. The number of hydrogen-bond acceptors (Lipinski definition) is 2. The lowest BCUT2D eigenvalue weighted by atomic mass is 9.81. The van der Waals surface area contributed by atoms with Gasteiger partial charge >= 0.3 is 11.9 Å². The second-order valence-electron chi connectivity index (χ2n) is 7.43. The zero-order valence-corrected chi connectivity index (χ0v) is 15.8. The van der Waals surface area contributed by atoms with E-state index in [-0.39, 0.29) is 6.42 Å². The highest BCUT2D eigenvalue weighted by atomic mass is 16.4. The fraction of sp³-hybridized carbons (Fsp3) is 0.900. The van der Waals surface area contributed by atoms with E-state index in [9.17, 15) is 14.7 Å². The number of aliphatic carboxylic acids is 2. The molecule has 0 aliphatic heterocycles. The van der Waals surface area contributed by atoms with Gasteiger partial charge in [0.15, 0.2) is 0 Å². The molecule has 0 aromatic rings. The first kappa shape index (κ1) is 22.9. The summed E-state index contributed by atoms with van der Waals surface area (Å²) in [5.74, 6) is -2.03. The van der Waals surface area contributed by atoms with Crippen LogP contribution in [0.15, 0.2) is 0 Å². The van der Waals surface area contributed by atoms with Gasteiger partial charge in [-0.1, -0.05) is 90.4 Å². The Balaban J connectivity index is 3.49. The lowest BCUT2D eigenvalue weighted by Crippen LogP contribution is -2.30. The van der Waals surface area contributed by atoms with E-state index in [1.54, 1.807) is 6.92 Å². The van der Waals surface area contributed by atoms with Crippen molar-refractivity contribution in [2.75, 3.05) is 0 Å². The molecule has 0 aliphatic rings. The number of carbonyl (C=O) groups is 2. The van der Waals surface area contributed by atoms with Gasteiger partial charge in [-0.05, 0) is 13.3 Å². The van der Waals surface area contributed by atoms with Gasteiger partial charge in [-0.15, -0.1) is 0 Å². The van der Waals surface area contributed by atoms with Gasteiger partial charge in [0.25, 0.3) is 0 Å². The summed E-state index contributed by atoms with van der Waals surface area (Å²) in [6, 6.07) is 0. The Hall–Kier alpha value is -1.06. The van der Waals surface area contributed by atoms with Crippen LogP contribution in [0.25, 0.3) is 0 Å². The first-order valence-electron chi connectivity index (χ1n) is 9.87. The molecule has 0 radical (unpaired) electrons. The Kier molecular flexibility index (Phi) is 13.7. The standard InChI is InChI=1S/C20H38O4/c1-3-4-5-6-7-8-9-10-11-12-13-14-15-16-20(2,19(23)24)17-18(21)22/h3-17H2,1-2H3,(H,21,22)(H,23,24). The molecule has 0 rings (SSSR count). The van der Waals surface area contributed by atoms with Gasteiger partial charge in [-0.3, -0.25) is 9.59 Å². The fourth-order valence-corrected chi connectivity index (χ4v) is 3.14. The third-order valence-corrected chi connectivity index (χ3v) is 4.89. The van der Waals surface area contributed by atoms with Crippen LogP contribution in [0.5, 0.6) is 0 Å². The summed E-state index contributed by atoms with van der Waals surface area (Å²) in [4.78, 5) is 22.0. The molecule has 0 aliphatic carbocycles. The van der Waals surface area contributed by atoms with Crippen molar-refractivity contribution in [2.24, 2.45) is 5.41 Å². The molecule has 24 heavy (non-hydrogen) atoms. The molecule has 0 aromatic heterocycles. The zero-order valence-electron chi connectivity index (χ0n) is 15.8. The van der Waals surface area contributed by atoms with Crippen LogP contribution in [0.2, 0.25) is 0 Å². The highest BCUT2D eigenvalue weighted by Gasteiger charge is 2.34. The average molecular weight is 343 g/mol. The van der Waals surface area contributed by atoms with E-state index in [2.05, 4.69) is 6.92 Å². The topological polar surface area (TPSA) is 74.6 Å². The number of hydrogen-bond donors (Lipinski definition) is 2.